The van der Waals surface area contributed by atoms with E-state index in [-0.39, 0.29) is 18.3 Å². The fraction of sp³-hybridized carbons (Fsp3) is 0.533. The van der Waals surface area contributed by atoms with Crippen molar-refractivity contribution in [3.05, 3.63) is 28.8 Å². The molecule has 0 spiro atoms. The van der Waals surface area contributed by atoms with E-state index in [1.54, 1.807) is 0 Å². The number of carbonyl (C=O) groups is 1. The predicted molar refractivity (Wildman–Crippen MR) is 70.3 cm³/mol. The molecule has 0 fully saturated rings. The summed E-state index contributed by atoms with van der Waals surface area (Å²) in [6.07, 6.45) is 0.460. The van der Waals surface area contributed by atoms with Crippen molar-refractivity contribution in [3.8, 4) is 5.75 Å². The molecule has 0 saturated heterocycles. The maximum Gasteiger partial charge on any atom is 0.355 e. The van der Waals surface area contributed by atoms with Crippen molar-refractivity contribution >= 4 is 5.97 Å². The molecule has 1 N–H and O–H groups in total. The molecule has 0 aliphatic heterocycles. The minimum atomic E-state index is -1.04. The molecule has 3 nitrogen and oxygen atoms in total. The van der Waals surface area contributed by atoms with Gasteiger partial charge in [-0.15, -0.1) is 0 Å². The Kier molecular flexibility index (Phi) is 4.76. The minimum Gasteiger partial charge on any atom is -0.507 e. The van der Waals surface area contributed by atoms with E-state index in [0.29, 0.717) is 12.2 Å². The SMILES string of the molecule is CC(C)c1cc(CCC([O])=O)cc(C(C)C)c1O. The van der Waals surface area contributed by atoms with Gasteiger partial charge in [-0.3, -0.25) is 0 Å². The van der Waals surface area contributed by atoms with Gasteiger partial charge in [-0.2, -0.15) is 0 Å². The molecule has 18 heavy (non-hydrogen) atoms. The molecule has 0 bridgehead atoms. The average Bonchev–Trinajstić information content (AvgIpc) is 2.26. The number of phenolic OH excluding ortho intramolecular Hbond substituents is 1. The molecule has 1 aromatic carbocycles. The van der Waals surface area contributed by atoms with E-state index < -0.39 is 5.97 Å². The Morgan fingerprint density at radius 3 is 1.89 bits per heavy atom. The quantitative estimate of drug-likeness (QED) is 0.867. The van der Waals surface area contributed by atoms with Crippen LogP contribution in [-0.2, 0) is 16.3 Å². The Hall–Kier alpha value is -1.51. The third-order valence-electron chi connectivity index (χ3n) is 3.09. The topological polar surface area (TPSA) is 57.2 Å². The lowest BCUT2D eigenvalue weighted by molar-refractivity contribution is -0.143. The molecule has 3 heteroatoms. The molecule has 99 valence electrons. The molecular weight excluding hydrogens is 228 g/mol. The second kappa shape index (κ2) is 5.89. The van der Waals surface area contributed by atoms with Crippen molar-refractivity contribution in [1.82, 2.24) is 0 Å². The lowest BCUT2D eigenvalue weighted by Crippen LogP contribution is -2.01. The van der Waals surface area contributed by atoms with Gasteiger partial charge in [0.05, 0.1) is 6.42 Å². The van der Waals surface area contributed by atoms with Crippen LogP contribution < -0.4 is 0 Å². The van der Waals surface area contributed by atoms with Crippen LogP contribution in [0.5, 0.6) is 5.75 Å². The first-order valence-electron chi connectivity index (χ1n) is 6.38. The van der Waals surface area contributed by atoms with Gasteiger partial charge in [-0.1, -0.05) is 39.8 Å². The molecule has 0 saturated carbocycles. The number of aryl methyl sites for hydroxylation is 1. The number of aromatic hydroxyl groups is 1. The summed E-state index contributed by atoms with van der Waals surface area (Å²) in [5, 5.41) is 20.7. The van der Waals surface area contributed by atoms with Crippen molar-refractivity contribution in [2.75, 3.05) is 0 Å². The minimum absolute atomic E-state index is 0.0137. The zero-order valence-corrected chi connectivity index (χ0v) is 11.5. The maximum absolute atomic E-state index is 10.5. The normalized spacial score (nSPS) is 11.2. The fourth-order valence-electron chi connectivity index (χ4n) is 2.02. The second-order valence-corrected chi connectivity index (χ2v) is 5.30. The first kappa shape index (κ1) is 14.6. The zero-order chi connectivity index (χ0) is 13.9. The fourth-order valence-corrected chi connectivity index (χ4v) is 2.02. The Morgan fingerprint density at radius 1 is 1.11 bits per heavy atom. The van der Waals surface area contributed by atoms with E-state index >= 15 is 0 Å². The molecule has 0 aliphatic carbocycles. The van der Waals surface area contributed by atoms with Crippen LogP contribution in [0.2, 0.25) is 0 Å². The Morgan fingerprint density at radius 2 is 1.56 bits per heavy atom. The molecule has 0 aliphatic rings. The molecular formula is C15H21O3. The summed E-state index contributed by atoms with van der Waals surface area (Å²) in [4.78, 5) is 10.5. The highest BCUT2D eigenvalue weighted by Gasteiger charge is 2.15. The summed E-state index contributed by atoms with van der Waals surface area (Å²) in [6, 6.07) is 3.80. The predicted octanol–water partition coefficient (Wildman–Crippen LogP) is 3.53. The summed E-state index contributed by atoms with van der Waals surface area (Å²) in [5.41, 5.74) is 2.72. The number of rotatable bonds is 5. The zero-order valence-electron chi connectivity index (χ0n) is 11.5. The number of carbonyl (C=O) groups excluding carboxylic acids is 1. The summed E-state index contributed by atoms with van der Waals surface area (Å²) in [6.45, 7) is 8.06. The maximum atomic E-state index is 10.5. The van der Waals surface area contributed by atoms with Crippen LogP contribution in [0.3, 0.4) is 0 Å². The molecule has 0 amide bonds. The molecule has 0 unspecified atom stereocenters. The lowest BCUT2D eigenvalue weighted by Gasteiger charge is -2.17. The second-order valence-electron chi connectivity index (χ2n) is 5.30. The van der Waals surface area contributed by atoms with Crippen molar-refractivity contribution in [2.45, 2.75) is 52.4 Å². The molecule has 0 aromatic heterocycles. The number of phenols is 1. The molecule has 1 rings (SSSR count). The monoisotopic (exact) mass is 249 g/mol. The molecule has 1 radical (unpaired) electrons. The van der Waals surface area contributed by atoms with E-state index in [4.69, 9.17) is 0 Å². The highest BCUT2D eigenvalue weighted by Crippen LogP contribution is 2.35. The summed E-state index contributed by atoms with van der Waals surface area (Å²) in [7, 11) is 0. The summed E-state index contributed by atoms with van der Waals surface area (Å²) >= 11 is 0. The Labute approximate surface area is 108 Å². The van der Waals surface area contributed by atoms with E-state index in [2.05, 4.69) is 0 Å². The smallest absolute Gasteiger partial charge is 0.355 e. The third kappa shape index (κ3) is 3.49. The van der Waals surface area contributed by atoms with Crippen LogP contribution in [0.15, 0.2) is 12.1 Å². The van der Waals surface area contributed by atoms with Gasteiger partial charge in [0.1, 0.15) is 5.75 Å². The average molecular weight is 249 g/mol. The van der Waals surface area contributed by atoms with Crippen LogP contribution >= 0.6 is 0 Å². The number of benzene rings is 1. The number of hydrogen-bond acceptors (Lipinski definition) is 2. The third-order valence-corrected chi connectivity index (χ3v) is 3.09. The molecule has 1 aromatic rings. The standard InChI is InChI=1S/C15H21O3/c1-9(2)12-7-11(5-6-14(16)17)8-13(10(3)4)15(12)18/h7-10,18H,5-6H2,1-4H3. The van der Waals surface area contributed by atoms with Crippen LogP contribution in [0, 0.1) is 0 Å². The lowest BCUT2D eigenvalue weighted by atomic mass is 9.90. The van der Waals surface area contributed by atoms with Crippen LogP contribution in [-0.4, -0.2) is 11.1 Å². The van der Waals surface area contributed by atoms with Gasteiger partial charge < -0.3 is 5.11 Å². The largest absolute Gasteiger partial charge is 0.507 e. The van der Waals surface area contributed by atoms with Crippen molar-refractivity contribution in [2.24, 2.45) is 0 Å². The van der Waals surface area contributed by atoms with E-state index in [1.165, 1.54) is 0 Å². The van der Waals surface area contributed by atoms with Gasteiger partial charge in [0.25, 0.3) is 0 Å². The highest BCUT2D eigenvalue weighted by atomic mass is 16.4. The van der Waals surface area contributed by atoms with E-state index in [9.17, 15) is 15.0 Å². The molecule has 0 heterocycles. The van der Waals surface area contributed by atoms with Gasteiger partial charge in [0.2, 0.25) is 0 Å². The first-order valence-corrected chi connectivity index (χ1v) is 6.38. The Balaban J connectivity index is 3.16. The van der Waals surface area contributed by atoms with Gasteiger partial charge in [-0.25, -0.2) is 9.90 Å². The molecule has 0 atom stereocenters. The summed E-state index contributed by atoms with van der Waals surface area (Å²) < 4.78 is 0. The highest BCUT2D eigenvalue weighted by molar-refractivity contribution is 5.66. The summed E-state index contributed by atoms with van der Waals surface area (Å²) in [5.74, 6) is -0.270. The van der Waals surface area contributed by atoms with E-state index in [0.717, 1.165) is 16.7 Å². The van der Waals surface area contributed by atoms with Gasteiger partial charge >= 0.3 is 5.97 Å². The van der Waals surface area contributed by atoms with Crippen molar-refractivity contribution < 1.29 is 15.0 Å². The first-order chi connectivity index (χ1) is 8.32. The van der Waals surface area contributed by atoms with Crippen molar-refractivity contribution in [1.29, 1.82) is 0 Å². The van der Waals surface area contributed by atoms with E-state index in [1.807, 2.05) is 39.8 Å². The van der Waals surface area contributed by atoms with Crippen LogP contribution in [0.4, 0.5) is 0 Å². The van der Waals surface area contributed by atoms with Crippen LogP contribution in [0.1, 0.15) is 62.6 Å². The van der Waals surface area contributed by atoms with Gasteiger partial charge in [0, 0.05) is 0 Å². The van der Waals surface area contributed by atoms with Gasteiger partial charge in [0.15, 0.2) is 0 Å². The van der Waals surface area contributed by atoms with Crippen LogP contribution in [0.25, 0.3) is 0 Å². The van der Waals surface area contributed by atoms with Crippen molar-refractivity contribution in [3.63, 3.8) is 0 Å². The Bertz CT molecular complexity index is 404. The van der Waals surface area contributed by atoms with Gasteiger partial charge in [-0.05, 0) is 34.9 Å². The number of hydrogen-bond donors (Lipinski definition) is 1.